The normalized spacial score (nSPS) is 18.3. The van der Waals surface area contributed by atoms with Crippen molar-refractivity contribution in [1.82, 2.24) is 15.0 Å². The predicted molar refractivity (Wildman–Crippen MR) is 118 cm³/mol. The van der Waals surface area contributed by atoms with Gasteiger partial charge in [0.25, 0.3) is 5.92 Å². The number of pyridine rings is 1. The summed E-state index contributed by atoms with van der Waals surface area (Å²) in [5, 5.41) is 12.8. The van der Waals surface area contributed by atoms with Gasteiger partial charge in [0.15, 0.2) is 0 Å². The van der Waals surface area contributed by atoms with Crippen LogP contribution in [0.25, 0.3) is 10.9 Å². The van der Waals surface area contributed by atoms with Crippen LogP contribution in [-0.2, 0) is 10.5 Å². The second-order valence-corrected chi connectivity index (χ2v) is 11.1. The van der Waals surface area contributed by atoms with E-state index in [0.29, 0.717) is 40.3 Å². The minimum Gasteiger partial charge on any atom is -0.390 e. The van der Waals surface area contributed by atoms with Gasteiger partial charge in [0, 0.05) is 23.3 Å². The Morgan fingerprint density at radius 2 is 2.03 bits per heavy atom. The molecule has 1 aliphatic heterocycles. The summed E-state index contributed by atoms with van der Waals surface area (Å²) in [6.07, 6.45) is 4.44. The molecular formula is C22H24F3N4O2P. The lowest BCUT2D eigenvalue weighted by Gasteiger charge is -2.21. The Bertz CT molecular complexity index is 1290. The van der Waals surface area contributed by atoms with Crippen LogP contribution in [-0.4, -0.2) is 38.9 Å². The van der Waals surface area contributed by atoms with Crippen LogP contribution in [0.5, 0.6) is 0 Å². The molecule has 1 aromatic carbocycles. The van der Waals surface area contributed by atoms with Crippen LogP contribution in [0, 0.1) is 12.7 Å². The Balaban J connectivity index is 1.74. The van der Waals surface area contributed by atoms with Gasteiger partial charge in [0.1, 0.15) is 36.6 Å². The van der Waals surface area contributed by atoms with Gasteiger partial charge in [-0.1, -0.05) is 12.1 Å². The number of nitrogens with zero attached hydrogens (tertiary/aromatic N) is 3. The number of hydrogen-bond donors (Lipinski definition) is 2. The number of halogens is 3. The fourth-order valence-electron chi connectivity index (χ4n) is 4.02. The minimum atomic E-state index is -4.46. The summed E-state index contributed by atoms with van der Waals surface area (Å²) in [7, 11) is -2.60. The topological polar surface area (TPSA) is 88.0 Å². The van der Waals surface area contributed by atoms with Crippen molar-refractivity contribution in [3.63, 3.8) is 0 Å². The summed E-state index contributed by atoms with van der Waals surface area (Å²) in [6.45, 7) is -0.740. The molecule has 170 valence electrons. The molecule has 1 saturated heterocycles. The standard InChI is InChI=1S/C22H24F3N4O2P/c1-13(15-6-5-7-17(20(15)23)22(24,25)12-30)27-21-16-10-19(32(31)8-3-4-9-32)26-11-18(16)28-14(2)29-21/h5-7,10-11,13,30H,3-4,8-9,12H2,1-2H3,(H,27,28,29)/t13-/m1/s1/i12D2. The van der Waals surface area contributed by atoms with Crippen LogP contribution in [0.3, 0.4) is 0 Å². The van der Waals surface area contributed by atoms with Gasteiger partial charge in [0.05, 0.1) is 26.1 Å². The van der Waals surface area contributed by atoms with E-state index >= 15 is 4.39 Å². The van der Waals surface area contributed by atoms with Crippen LogP contribution in [0.15, 0.2) is 30.5 Å². The van der Waals surface area contributed by atoms with E-state index in [9.17, 15) is 18.5 Å². The summed E-state index contributed by atoms with van der Waals surface area (Å²) in [4.78, 5) is 13.1. The quantitative estimate of drug-likeness (QED) is 0.520. The van der Waals surface area contributed by atoms with E-state index in [1.54, 1.807) is 19.9 Å². The van der Waals surface area contributed by atoms with Gasteiger partial charge in [-0.25, -0.2) is 14.4 Å². The van der Waals surface area contributed by atoms with Gasteiger partial charge in [-0.15, -0.1) is 0 Å². The summed E-state index contributed by atoms with van der Waals surface area (Å²) in [5.74, 6) is -5.09. The molecule has 3 heterocycles. The van der Waals surface area contributed by atoms with Crippen molar-refractivity contribution >= 4 is 29.3 Å². The van der Waals surface area contributed by atoms with Gasteiger partial charge in [0.2, 0.25) is 0 Å². The van der Waals surface area contributed by atoms with Gasteiger partial charge in [-0.3, -0.25) is 4.98 Å². The zero-order valence-corrected chi connectivity index (χ0v) is 18.5. The first-order valence-corrected chi connectivity index (χ1v) is 12.3. The molecule has 0 aliphatic carbocycles. The third kappa shape index (κ3) is 4.11. The number of hydrogen-bond acceptors (Lipinski definition) is 6. The van der Waals surface area contributed by atoms with E-state index in [4.69, 9.17) is 2.74 Å². The number of fused-ring (bicyclic) bond motifs is 1. The van der Waals surface area contributed by atoms with Crippen molar-refractivity contribution in [3.05, 3.63) is 53.2 Å². The van der Waals surface area contributed by atoms with Crippen molar-refractivity contribution in [2.75, 3.05) is 24.2 Å². The highest BCUT2D eigenvalue weighted by Crippen LogP contribution is 2.50. The summed E-state index contributed by atoms with van der Waals surface area (Å²) in [5.41, 5.74) is -0.436. The molecule has 0 amide bonds. The zero-order valence-electron chi connectivity index (χ0n) is 19.6. The molecule has 6 nitrogen and oxygen atoms in total. The molecular weight excluding hydrogens is 440 g/mol. The van der Waals surface area contributed by atoms with Crippen molar-refractivity contribution in [2.45, 2.75) is 38.7 Å². The first kappa shape index (κ1) is 20.1. The molecule has 4 rings (SSSR count). The lowest BCUT2D eigenvalue weighted by atomic mass is 10.00. The fourth-order valence-corrected chi connectivity index (χ4v) is 6.80. The molecule has 32 heavy (non-hydrogen) atoms. The number of alkyl halides is 2. The van der Waals surface area contributed by atoms with Crippen molar-refractivity contribution < 1.29 is 25.6 Å². The largest absolute Gasteiger partial charge is 0.390 e. The number of anilines is 1. The van der Waals surface area contributed by atoms with Crippen LogP contribution >= 0.6 is 7.14 Å². The molecule has 1 aliphatic rings. The maximum Gasteiger partial charge on any atom is 0.298 e. The number of aryl methyl sites for hydroxylation is 1. The molecule has 1 fully saturated rings. The highest BCUT2D eigenvalue weighted by Gasteiger charge is 2.35. The molecule has 0 unspecified atom stereocenters. The smallest absolute Gasteiger partial charge is 0.298 e. The third-order valence-corrected chi connectivity index (χ3v) is 8.87. The second-order valence-electron chi connectivity index (χ2n) is 7.98. The van der Waals surface area contributed by atoms with Crippen LogP contribution in [0.4, 0.5) is 19.0 Å². The van der Waals surface area contributed by atoms with Crippen LogP contribution in [0.2, 0.25) is 0 Å². The highest BCUT2D eigenvalue weighted by molar-refractivity contribution is 7.71. The maximum absolute atomic E-state index is 15.1. The molecule has 0 bridgehead atoms. The van der Waals surface area contributed by atoms with E-state index < -0.39 is 37.0 Å². The summed E-state index contributed by atoms with van der Waals surface area (Å²) < 4.78 is 71.0. The van der Waals surface area contributed by atoms with Gasteiger partial charge in [-0.05, 0) is 38.8 Å². The van der Waals surface area contributed by atoms with Crippen LogP contribution < -0.4 is 10.8 Å². The number of benzene rings is 1. The molecule has 0 spiro atoms. The molecule has 0 saturated carbocycles. The minimum absolute atomic E-state index is 0.163. The molecule has 10 heteroatoms. The average Bonchev–Trinajstić information content (AvgIpc) is 3.20. The maximum atomic E-state index is 15.1. The van der Waals surface area contributed by atoms with Crippen molar-refractivity contribution in [2.24, 2.45) is 0 Å². The Labute approximate surface area is 186 Å². The van der Waals surface area contributed by atoms with E-state index in [2.05, 4.69) is 20.3 Å². The van der Waals surface area contributed by atoms with Crippen molar-refractivity contribution in [1.29, 1.82) is 0 Å². The van der Waals surface area contributed by atoms with Gasteiger partial charge >= 0.3 is 0 Å². The summed E-state index contributed by atoms with van der Waals surface area (Å²) in [6, 6.07) is 4.01. The Hall–Kier alpha value is -2.51. The number of aliphatic hydroxyl groups is 1. The first-order chi connectivity index (χ1) is 15.8. The lowest BCUT2D eigenvalue weighted by Crippen LogP contribution is -2.22. The van der Waals surface area contributed by atoms with Crippen molar-refractivity contribution in [3.8, 4) is 0 Å². The van der Waals surface area contributed by atoms with Crippen LogP contribution in [0.1, 0.15) is 45.5 Å². The predicted octanol–water partition coefficient (Wildman–Crippen LogP) is 4.51. The lowest BCUT2D eigenvalue weighted by molar-refractivity contribution is -0.0583. The van der Waals surface area contributed by atoms with E-state index in [0.717, 1.165) is 18.9 Å². The summed E-state index contributed by atoms with van der Waals surface area (Å²) >= 11 is 0. The van der Waals surface area contributed by atoms with Gasteiger partial charge < -0.3 is 15.0 Å². The SMILES string of the molecule is [2H]C([2H])(O)C(F)(F)c1cccc([C@@H](C)Nc2nc(C)nc3cnc(P4(=O)CCCC4)cc23)c1F. The van der Waals surface area contributed by atoms with E-state index in [-0.39, 0.29) is 5.56 Å². The number of rotatable bonds is 6. The molecule has 2 N–H and O–H groups in total. The molecule has 2 aromatic heterocycles. The van der Waals surface area contributed by atoms with E-state index in [1.807, 2.05) is 0 Å². The van der Waals surface area contributed by atoms with Gasteiger partial charge in [-0.2, -0.15) is 8.78 Å². The Morgan fingerprint density at radius 1 is 1.31 bits per heavy atom. The Morgan fingerprint density at radius 3 is 2.72 bits per heavy atom. The number of nitrogens with one attached hydrogen (secondary N) is 1. The monoisotopic (exact) mass is 466 g/mol. The first-order valence-electron chi connectivity index (χ1n) is 11.2. The Kier molecular flexibility index (Phi) is 5.31. The average molecular weight is 466 g/mol. The fraction of sp³-hybridized carbons (Fsp3) is 0.409. The molecule has 3 aromatic rings. The third-order valence-electron chi connectivity index (χ3n) is 5.71. The zero-order chi connectivity index (χ0) is 24.9. The molecule has 0 radical (unpaired) electrons. The number of aromatic nitrogens is 3. The second kappa shape index (κ2) is 8.45. The van der Waals surface area contributed by atoms with E-state index in [1.165, 1.54) is 18.3 Å². The molecule has 1 atom stereocenters. The highest BCUT2D eigenvalue weighted by atomic mass is 31.2.